The summed E-state index contributed by atoms with van der Waals surface area (Å²) in [6.07, 6.45) is -3.63. The van der Waals surface area contributed by atoms with Gasteiger partial charge in [-0.1, -0.05) is 29.8 Å². The third-order valence-electron chi connectivity index (χ3n) is 6.09. The molecule has 4 atom stereocenters. The van der Waals surface area contributed by atoms with Gasteiger partial charge in [0, 0.05) is 5.56 Å². The molecule has 36 heavy (non-hydrogen) atoms. The average molecular weight is 504 g/mol. The predicted octanol–water partition coefficient (Wildman–Crippen LogP) is 1.75. The summed E-state index contributed by atoms with van der Waals surface area (Å²) in [5.41, 5.74) is 9.07. The van der Waals surface area contributed by atoms with E-state index in [1.807, 2.05) is 6.07 Å². The van der Waals surface area contributed by atoms with Gasteiger partial charge in [0.25, 0.3) is 0 Å². The monoisotopic (exact) mass is 503 g/mol. The van der Waals surface area contributed by atoms with Crippen LogP contribution >= 0.6 is 11.6 Å². The van der Waals surface area contributed by atoms with Crippen LogP contribution < -0.4 is 5.73 Å². The Morgan fingerprint density at radius 2 is 1.75 bits per heavy atom. The first-order valence-corrected chi connectivity index (χ1v) is 11.1. The van der Waals surface area contributed by atoms with Crippen LogP contribution in [0, 0.1) is 22.7 Å². The van der Waals surface area contributed by atoms with Crippen molar-refractivity contribution in [2.75, 3.05) is 12.3 Å². The van der Waals surface area contributed by atoms with Crippen LogP contribution in [0.3, 0.4) is 0 Å². The number of aromatic nitrogens is 4. The molecule has 5 N–H and O–H groups in total. The van der Waals surface area contributed by atoms with E-state index in [-0.39, 0.29) is 17.0 Å². The highest BCUT2D eigenvalue weighted by atomic mass is 35.5. The summed E-state index contributed by atoms with van der Waals surface area (Å²) < 4.78 is 6.91. The minimum atomic E-state index is -1.38. The number of benzene rings is 2. The van der Waals surface area contributed by atoms with E-state index in [9.17, 15) is 25.8 Å². The van der Waals surface area contributed by atoms with E-state index in [4.69, 9.17) is 22.1 Å². The Balaban J connectivity index is 1.65. The van der Waals surface area contributed by atoms with Gasteiger partial charge in [0.05, 0.1) is 34.2 Å². The predicted molar refractivity (Wildman–Crippen MR) is 128 cm³/mol. The number of nitriles is 2. The van der Waals surface area contributed by atoms with Crippen molar-refractivity contribution in [1.82, 2.24) is 19.7 Å². The standard InChI is InChI=1S/C24H18ClN7O4/c25-16-4-2-11(5-14(16)8-27)15-3-1-12(6-13(15)7-26)19-18-22(28)29-10-30-23(18)32(31-19)24-21(35)20(34)17(9-33)36-24/h1-6,10,17,20-21,24,33-35H,9H2,(H2,28,29,30)/t17-,20-,21-,24-/m1/s1. The number of aliphatic hydroxyl groups is 3. The highest BCUT2D eigenvalue weighted by Gasteiger charge is 2.45. The van der Waals surface area contributed by atoms with Gasteiger partial charge in [0.15, 0.2) is 11.9 Å². The molecule has 3 heterocycles. The largest absolute Gasteiger partial charge is 0.394 e. The Kier molecular flexibility index (Phi) is 6.02. The van der Waals surface area contributed by atoms with E-state index in [0.717, 1.165) is 0 Å². The highest BCUT2D eigenvalue weighted by Crippen LogP contribution is 2.37. The minimum Gasteiger partial charge on any atom is -0.394 e. The summed E-state index contributed by atoms with van der Waals surface area (Å²) in [5, 5.41) is 54.6. The molecule has 0 amide bonds. The normalized spacial score (nSPS) is 21.4. The van der Waals surface area contributed by atoms with Crippen LogP contribution in [0.5, 0.6) is 0 Å². The van der Waals surface area contributed by atoms with E-state index >= 15 is 0 Å². The molecule has 1 fully saturated rings. The van der Waals surface area contributed by atoms with Crippen molar-refractivity contribution in [1.29, 1.82) is 10.5 Å². The summed E-state index contributed by atoms with van der Waals surface area (Å²) >= 11 is 6.05. The molecule has 1 aliphatic rings. The third kappa shape index (κ3) is 3.72. The third-order valence-corrected chi connectivity index (χ3v) is 6.42. The number of nitrogen functional groups attached to an aromatic ring is 1. The Hall–Kier alpha value is -4.10. The SMILES string of the molecule is N#Cc1cc(-c2ccc(-c3nn([C@@H]4O[C@H](CO)[C@@H](O)[C@H]4O)c4ncnc(N)c34)cc2C#N)ccc1Cl. The Labute approximate surface area is 209 Å². The van der Waals surface area contributed by atoms with Crippen LogP contribution in [0.15, 0.2) is 42.7 Å². The van der Waals surface area contributed by atoms with Crippen LogP contribution in [0.25, 0.3) is 33.4 Å². The fourth-order valence-electron chi connectivity index (χ4n) is 4.27. The Bertz CT molecular complexity index is 1580. The van der Waals surface area contributed by atoms with Gasteiger partial charge in [-0.05, 0) is 29.3 Å². The number of rotatable bonds is 4. The molecule has 1 saturated heterocycles. The first-order chi connectivity index (χ1) is 17.4. The number of hydrogen-bond donors (Lipinski definition) is 4. The van der Waals surface area contributed by atoms with Crippen molar-refractivity contribution in [3.05, 3.63) is 58.9 Å². The molecule has 4 aromatic rings. The van der Waals surface area contributed by atoms with E-state index < -0.39 is 31.1 Å². The van der Waals surface area contributed by atoms with Gasteiger partial charge in [-0.3, -0.25) is 0 Å². The van der Waals surface area contributed by atoms with Crippen molar-refractivity contribution < 1.29 is 20.1 Å². The molecule has 1 aliphatic heterocycles. The zero-order chi connectivity index (χ0) is 25.6. The van der Waals surface area contributed by atoms with E-state index in [2.05, 4.69) is 21.1 Å². The number of anilines is 1. The molecule has 5 rings (SSSR count). The number of nitrogens with zero attached hydrogens (tertiary/aromatic N) is 6. The van der Waals surface area contributed by atoms with Crippen LogP contribution in [0.2, 0.25) is 5.02 Å². The lowest BCUT2D eigenvalue weighted by molar-refractivity contribution is -0.0565. The lowest BCUT2D eigenvalue weighted by atomic mass is 9.95. The van der Waals surface area contributed by atoms with Crippen LogP contribution in [-0.4, -0.2) is 60.0 Å². The topological polar surface area (TPSA) is 187 Å². The number of aliphatic hydroxyl groups excluding tert-OH is 3. The average Bonchev–Trinajstić information content (AvgIpc) is 3.42. The van der Waals surface area contributed by atoms with Crippen molar-refractivity contribution in [3.8, 4) is 34.5 Å². The second-order valence-electron chi connectivity index (χ2n) is 8.16. The van der Waals surface area contributed by atoms with E-state index in [1.54, 1.807) is 36.4 Å². The van der Waals surface area contributed by atoms with Crippen molar-refractivity contribution in [2.24, 2.45) is 0 Å². The number of halogens is 1. The second kappa shape index (κ2) is 9.17. The zero-order valence-electron chi connectivity index (χ0n) is 18.4. The van der Waals surface area contributed by atoms with Gasteiger partial charge in [-0.2, -0.15) is 15.6 Å². The fraction of sp³-hybridized carbons (Fsp3) is 0.208. The molecular formula is C24H18ClN7O4. The molecule has 11 nitrogen and oxygen atoms in total. The van der Waals surface area contributed by atoms with Gasteiger partial charge in [-0.15, -0.1) is 0 Å². The number of ether oxygens (including phenoxy) is 1. The first kappa shape index (κ1) is 23.6. The number of fused-ring (bicyclic) bond motifs is 1. The maximum atomic E-state index is 10.5. The van der Waals surface area contributed by atoms with Crippen LogP contribution in [0.4, 0.5) is 5.82 Å². The molecule has 0 radical (unpaired) electrons. The number of hydrogen-bond acceptors (Lipinski definition) is 10. The summed E-state index contributed by atoms with van der Waals surface area (Å²) in [7, 11) is 0. The molecule has 2 aromatic carbocycles. The molecule has 12 heteroatoms. The molecule has 2 aromatic heterocycles. The lowest BCUT2D eigenvalue weighted by Crippen LogP contribution is -2.33. The molecule has 0 saturated carbocycles. The molecule has 0 bridgehead atoms. The van der Waals surface area contributed by atoms with Crippen molar-refractivity contribution in [2.45, 2.75) is 24.5 Å². The minimum absolute atomic E-state index is 0.118. The van der Waals surface area contributed by atoms with E-state index in [1.165, 1.54) is 11.0 Å². The molecular weight excluding hydrogens is 486 g/mol. The summed E-state index contributed by atoms with van der Waals surface area (Å²) in [6.45, 7) is -0.497. The van der Waals surface area contributed by atoms with Gasteiger partial charge in [0.2, 0.25) is 0 Å². The summed E-state index contributed by atoms with van der Waals surface area (Å²) in [4.78, 5) is 8.29. The van der Waals surface area contributed by atoms with Gasteiger partial charge < -0.3 is 25.8 Å². The van der Waals surface area contributed by atoms with Gasteiger partial charge in [-0.25, -0.2) is 14.6 Å². The lowest BCUT2D eigenvalue weighted by Gasteiger charge is -2.15. The van der Waals surface area contributed by atoms with Crippen molar-refractivity contribution >= 4 is 28.5 Å². The van der Waals surface area contributed by atoms with Gasteiger partial charge >= 0.3 is 0 Å². The fourth-order valence-corrected chi connectivity index (χ4v) is 4.43. The van der Waals surface area contributed by atoms with Crippen molar-refractivity contribution in [3.63, 3.8) is 0 Å². The summed E-state index contributed by atoms with van der Waals surface area (Å²) in [5.74, 6) is 0.118. The Morgan fingerprint density at radius 3 is 2.44 bits per heavy atom. The van der Waals surface area contributed by atoms with E-state index in [0.29, 0.717) is 38.4 Å². The summed E-state index contributed by atoms with van der Waals surface area (Å²) in [6, 6.07) is 14.2. The second-order valence-corrected chi connectivity index (χ2v) is 8.57. The molecule has 0 aliphatic carbocycles. The van der Waals surface area contributed by atoms with Crippen LogP contribution in [0.1, 0.15) is 17.4 Å². The number of nitrogens with two attached hydrogens (primary N) is 1. The van der Waals surface area contributed by atoms with Gasteiger partial charge in [0.1, 0.15) is 42.2 Å². The highest BCUT2D eigenvalue weighted by molar-refractivity contribution is 6.31. The van der Waals surface area contributed by atoms with Crippen LogP contribution in [-0.2, 0) is 4.74 Å². The smallest absolute Gasteiger partial charge is 0.181 e. The molecule has 0 spiro atoms. The molecule has 180 valence electrons. The quantitative estimate of drug-likeness (QED) is 0.319. The maximum Gasteiger partial charge on any atom is 0.181 e. The zero-order valence-corrected chi connectivity index (χ0v) is 19.2. The molecule has 0 unspecified atom stereocenters. The Morgan fingerprint density at radius 1 is 1.03 bits per heavy atom. The first-order valence-electron chi connectivity index (χ1n) is 10.7. The maximum absolute atomic E-state index is 10.5.